The number of ether oxygens (including phenoxy) is 5. The highest BCUT2D eigenvalue weighted by Gasteiger charge is 2.18. The van der Waals surface area contributed by atoms with Gasteiger partial charge in [0, 0.05) is 31.1 Å². The summed E-state index contributed by atoms with van der Waals surface area (Å²) in [7, 11) is 5.13. The van der Waals surface area contributed by atoms with Gasteiger partial charge in [-0.1, -0.05) is 63.8 Å². The molecule has 0 radical (unpaired) electrons. The number of benzene rings is 2. The highest BCUT2D eigenvalue weighted by atomic mass is 16.5. The summed E-state index contributed by atoms with van der Waals surface area (Å²) in [4.78, 5) is 0. The van der Waals surface area contributed by atoms with Gasteiger partial charge in [0.25, 0.3) is 0 Å². The first kappa shape index (κ1) is 24.3. The number of fused-ring (bicyclic) bond motifs is 1. The van der Waals surface area contributed by atoms with Crippen LogP contribution in [0.5, 0.6) is 17.2 Å². The molecule has 30 heavy (non-hydrogen) atoms. The van der Waals surface area contributed by atoms with Gasteiger partial charge in [0.1, 0.15) is 19.0 Å². The van der Waals surface area contributed by atoms with E-state index in [-0.39, 0.29) is 12.2 Å². The van der Waals surface area contributed by atoms with E-state index in [0.29, 0.717) is 19.0 Å². The Bertz CT molecular complexity index is 746. The zero-order valence-corrected chi connectivity index (χ0v) is 19.2. The summed E-state index contributed by atoms with van der Waals surface area (Å²) >= 11 is 0. The minimum Gasteiger partial charge on any atom is -0.493 e. The molecule has 2 aromatic rings. The molecule has 0 saturated carbocycles. The van der Waals surface area contributed by atoms with Gasteiger partial charge in [-0.3, -0.25) is 0 Å². The minimum atomic E-state index is 0.0605. The van der Waals surface area contributed by atoms with Gasteiger partial charge < -0.3 is 23.7 Å². The quantitative estimate of drug-likeness (QED) is 0.354. The molecule has 2 unspecified atom stereocenters. The topological polar surface area (TPSA) is 46.2 Å². The van der Waals surface area contributed by atoms with Crippen molar-refractivity contribution in [2.75, 3.05) is 34.5 Å². The van der Waals surface area contributed by atoms with Crippen LogP contribution >= 0.6 is 0 Å². The van der Waals surface area contributed by atoms with Gasteiger partial charge in [0.15, 0.2) is 11.5 Å². The van der Waals surface area contributed by atoms with E-state index < -0.39 is 0 Å². The predicted octanol–water partition coefficient (Wildman–Crippen LogP) is 6.02. The lowest BCUT2D eigenvalue weighted by Gasteiger charge is -2.21. The van der Waals surface area contributed by atoms with E-state index in [1.54, 1.807) is 21.3 Å². The van der Waals surface area contributed by atoms with Crippen molar-refractivity contribution in [2.45, 2.75) is 64.6 Å². The summed E-state index contributed by atoms with van der Waals surface area (Å²) in [6.45, 7) is 5.35. The first-order valence-electron chi connectivity index (χ1n) is 11.1. The third kappa shape index (κ3) is 6.78. The van der Waals surface area contributed by atoms with E-state index in [9.17, 15) is 0 Å². The van der Waals surface area contributed by atoms with E-state index >= 15 is 0 Å². The van der Waals surface area contributed by atoms with Crippen LogP contribution < -0.4 is 14.2 Å². The molecule has 0 spiro atoms. The number of methoxy groups -OCH3 is 3. The average Bonchev–Trinajstić information content (AvgIpc) is 2.79. The van der Waals surface area contributed by atoms with E-state index in [4.69, 9.17) is 23.7 Å². The molecule has 0 aliphatic carbocycles. The fraction of sp³-hybridized carbons (Fsp3) is 0.600. The molecule has 5 nitrogen and oxygen atoms in total. The van der Waals surface area contributed by atoms with E-state index in [0.717, 1.165) is 60.8 Å². The molecule has 0 fully saturated rings. The van der Waals surface area contributed by atoms with E-state index in [1.165, 1.54) is 0 Å². The van der Waals surface area contributed by atoms with Crippen LogP contribution in [0.15, 0.2) is 30.3 Å². The van der Waals surface area contributed by atoms with Crippen LogP contribution in [-0.4, -0.2) is 46.8 Å². The highest BCUT2D eigenvalue weighted by molar-refractivity contribution is 5.95. The molecule has 0 N–H and O–H groups in total. The number of hydrogen-bond donors (Lipinski definition) is 0. The Kier molecular flexibility index (Phi) is 10.8. The monoisotopic (exact) mass is 418 g/mol. The second kappa shape index (κ2) is 13.3. The first-order valence-corrected chi connectivity index (χ1v) is 11.1. The second-order valence-corrected chi connectivity index (χ2v) is 7.57. The van der Waals surface area contributed by atoms with Crippen LogP contribution in [0, 0.1) is 0 Å². The fourth-order valence-electron chi connectivity index (χ4n) is 3.47. The molecule has 0 bridgehead atoms. The van der Waals surface area contributed by atoms with Gasteiger partial charge in [0.2, 0.25) is 0 Å². The maximum atomic E-state index is 6.22. The zero-order chi connectivity index (χ0) is 21.8. The van der Waals surface area contributed by atoms with Gasteiger partial charge in [-0.25, -0.2) is 0 Å². The van der Waals surface area contributed by atoms with Gasteiger partial charge in [-0.2, -0.15) is 0 Å². The smallest absolute Gasteiger partial charge is 0.169 e. The van der Waals surface area contributed by atoms with Crippen molar-refractivity contribution in [1.82, 2.24) is 0 Å². The van der Waals surface area contributed by atoms with Crippen molar-refractivity contribution in [3.05, 3.63) is 30.3 Å². The number of hydrogen-bond acceptors (Lipinski definition) is 5. The zero-order valence-electron chi connectivity index (χ0n) is 19.2. The third-order valence-corrected chi connectivity index (χ3v) is 5.41. The van der Waals surface area contributed by atoms with Crippen molar-refractivity contribution < 1.29 is 23.7 Å². The number of unbranched alkanes of at least 4 members (excludes halogenated alkanes) is 2. The maximum absolute atomic E-state index is 6.22. The van der Waals surface area contributed by atoms with Crippen molar-refractivity contribution in [3.8, 4) is 17.2 Å². The van der Waals surface area contributed by atoms with Crippen LogP contribution in [0.25, 0.3) is 10.8 Å². The van der Waals surface area contributed by atoms with Crippen LogP contribution in [-0.2, 0) is 9.47 Å². The second-order valence-electron chi connectivity index (χ2n) is 7.57. The van der Waals surface area contributed by atoms with Crippen molar-refractivity contribution >= 4 is 10.8 Å². The molecule has 0 aliphatic heterocycles. The van der Waals surface area contributed by atoms with Gasteiger partial charge >= 0.3 is 0 Å². The maximum Gasteiger partial charge on any atom is 0.169 e. The van der Waals surface area contributed by atoms with E-state index in [1.807, 2.05) is 24.3 Å². The summed E-state index contributed by atoms with van der Waals surface area (Å²) in [6.07, 6.45) is 6.62. The molecule has 2 aromatic carbocycles. The molecule has 168 valence electrons. The summed E-state index contributed by atoms with van der Waals surface area (Å²) in [5.74, 6) is 2.17. The molecular weight excluding hydrogens is 380 g/mol. The molecule has 0 aromatic heterocycles. The molecule has 0 heterocycles. The standard InChI is InChI=1S/C25H38O5/c1-6-8-12-19(26-3)17-29-23-16-24(28-5)25(22-15-11-10-14-21(22)23)30-18-20(27-4)13-9-7-2/h10-11,14-16,19-20H,6-9,12-13,17-18H2,1-5H3. The van der Waals surface area contributed by atoms with Crippen molar-refractivity contribution in [2.24, 2.45) is 0 Å². The Balaban J connectivity index is 2.25. The largest absolute Gasteiger partial charge is 0.493 e. The average molecular weight is 419 g/mol. The molecular formula is C25H38O5. The van der Waals surface area contributed by atoms with Crippen LogP contribution in [0.4, 0.5) is 0 Å². The Morgan fingerprint density at radius 3 is 1.83 bits per heavy atom. The predicted molar refractivity (Wildman–Crippen MR) is 122 cm³/mol. The molecule has 5 heteroatoms. The van der Waals surface area contributed by atoms with Gasteiger partial charge in [0.05, 0.1) is 19.3 Å². The van der Waals surface area contributed by atoms with Gasteiger partial charge in [-0.05, 0) is 12.8 Å². The Morgan fingerprint density at radius 1 is 0.733 bits per heavy atom. The minimum absolute atomic E-state index is 0.0605. The molecule has 0 aliphatic rings. The molecule has 2 atom stereocenters. The molecule has 2 rings (SSSR count). The highest BCUT2D eigenvalue weighted by Crippen LogP contribution is 2.41. The summed E-state index contributed by atoms with van der Waals surface area (Å²) < 4.78 is 29.2. The van der Waals surface area contributed by atoms with Crippen LogP contribution in [0.1, 0.15) is 52.4 Å². The lowest BCUT2D eigenvalue weighted by Crippen LogP contribution is -2.21. The SMILES string of the molecule is CCCCC(COc1cc(OC)c(OCC(CCCC)OC)c2ccccc12)OC. The van der Waals surface area contributed by atoms with Crippen LogP contribution in [0.2, 0.25) is 0 Å². The fourth-order valence-corrected chi connectivity index (χ4v) is 3.47. The normalized spacial score (nSPS) is 13.2. The summed E-state index contributed by atoms with van der Waals surface area (Å²) in [5, 5.41) is 1.97. The molecule has 0 amide bonds. The summed E-state index contributed by atoms with van der Waals surface area (Å²) in [5.41, 5.74) is 0. The first-order chi connectivity index (χ1) is 14.7. The summed E-state index contributed by atoms with van der Waals surface area (Å²) in [6, 6.07) is 10.0. The van der Waals surface area contributed by atoms with Crippen LogP contribution in [0.3, 0.4) is 0 Å². The number of rotatable bonds is 15. The van der Waals surface area contributed by atoms with Gasteiger partial charge in [-0.15, -0.1) is 0 Å². The third-order valence-electron chi connectivity index (χ3n) is 5.41. The van der Waals surface area contributed by atoms with E-state index in [2.05, 4.69) is 19.9 Å². The van der Waals surface area contributed by atoms with Crippen molar-refractivity contribution in [1.29, 1.82) is 0 Å². The lowest BCUT2D eigenvalue weighted by molar-refractivity contribution is 0.0493. The molecule has 0 saturated heterocycles. The Hall–Kier alpha value is -1.98. The van der Waals surface area contributed by atoms with Crippen molar-refractivity contribution in [3.63, 3.8) is 0 Å². The Morgan fingerprint density at radius 2 is 1.30 bits per heavy atom. The lowest BCUT2D eigenvalue weighted by atomic mass is 10.1. The Labute approximate surface area is 181 Å².